The molecule has 8 nitrogen and oxygen atoms in total. The molecule has 0 aromatic heterocycles. The summed E-state index contributed by atoms with van der Waals surface area (Å²) in [5, 5.41) is 13.3. The van der Waals surface area contributed by atoms with Crippen LogP contribution >= 0.6 is 11.6 Å². The topological polar surface area (TPSA) is 95.8 Å². The lowest BCUT2D eigenvalue weighted by Gasteiger charge is -2.31. The van der Waals surface area contributed by atoms with Gasteiger partial charge < -0.3 is 4.90 Å². The van der Waals surface area contributed by atoms with Crippen LogP contribution in [0.5, 0.6) is 0 Å². The van der Waals surface area contributed by atoms with Gasteiger partial charge >= 0.3 is 0 Å². The lowest BCUT2D eigenvalue weighted by atomic mass is 9.98. The van der Waals surface area contributed by atoms with Crippen molar-refractivity contribution in [2.75, 3.05) is 23.0 Å². The Morgan fingerprint density at radius 3 is 2.53 bits per heavy atom. The monoisotopic (exact) mass is 454 g/mol. The second-order valence-electron chi connectivity index (χ2n) is 8.25. The Kier molecular flexibility index (Phi) is 5.88. The van der Waals surface area contributed by atoms with E-state index in [1.807, 2.05) is 11.8 Å². The van der Waals surface area contributed by atoms with E-state index in [1.54, 1.807) is 30.3 Å². The molecule has 0 spiro atoms. The van der Waals surface area contributed by atoms with E-state index in [0.717, 1.165) is 36.5 Å². The fourth-order valence-electron chi connectivity index (χ4n) is 3.92. The summed E-state index contributed by atoms with van der Waals surface area (Å²) < 4.78 is 0. The van der Waals surface area contributed by atoms with Gasteiger partial charge in [0.15, 0.2) is 0 Å². The smallest absolute Gasteiger partial charge is 0.293 e. The Labute approximate surface area is 190 Å². The van der Waals surface area contributed by atoms with Crippen LogP contribution in [0.1, 0.15) is 30.9 Å². The molecule has 2 aromatic carbocycles. The molecule has 0 saturated carbocycles. The second-order valence-corrected chi connectivity index (χ2v) is 8.66. The van der Waals surface area contributed by atoms with E-state index in [-0.39, 0.29) is 11.3 Å². The van der Waals surface area contributed by atoms with Gasteiger partial charge in [-0.15, -0.1) is 0 Å². The third-order valence-electron chi connectivity index (χ3n) is 5.94. The van der Waals surface area contributed by atoms with Crippen LogP contribution in [0.3, 0.4) is 0 Å². The Bertz CT molecular complexity index is 1140. The molecule has 2 saturated heterocycles. The molecule has 166 valence electrons. The summed E-state index contributed by atoms with van der Waals surface area (Å²) in [4.78, 5) is 38.7. The van der Waals surface area contributed by atoms with Gasteiger partial charge in [-0.05, 0) is 61.1 Å². The highest BCUT2D eigenvalue weighted by atomic mass is 35.5. The summed E-state index contributed by atoms with van der Waals surface area (Å²) in [6.07, 6.45) is 3.34. The van der Waals surface area contributed by atoms with Gasteiger partial charge in [-0.2, -0.15) is 0 Å². The van der Waals surface area contributed by atoms with E-state index < -0.39 is 16.7 Å². The number of carbonyl (C=O) groups excluding carboxylic acids is 2. The fourth-order valence-corrected chi connectivity index (χ4v) is 4.09. The van der Waals surface area contributed by atoms with Crippen LogP contribution in [0.25, 0.3) is 6.08 Å². The number of hydrogen-bond acceptors (Lipinski definition) is 5. The molecule has 2 aliphatic heterocycles. The average Bonchev–Trinajstić information content (AvgIpc) is 3.04. The van der Waals surface area contributed by atoms with Crippen LogP contribution in [-0.2, 0) is 9.59 Å². The van der Waals surface area contributed by atoms with Crippen molar-refractivity contribution >= 4 is 46.6 Å². The summed E-state index contributed by atoms with van der Waals surface area (Å²) in [5.41, 5.74) is 4.62. The number of nitrogens with zero attached hydrogens (tertiary/aromatic N) is 3. The highest BCUT2D eigenvalue weighted by molar-refractivity contribution is 6.33. The van der Waals surface area contributed by atoms with Crippen molar-refractivity contribution in [2.45, 2.75) is 26.7 Å². The maximum absolute atomic E-state index is 12.9. The molecule has 4 rings (SSSR count). The Hall–Kier alpha value is -3.39. The predicted molar refractivity (Wildman–Crippen MR) is 124 cm³/mol. The number of rotatable bonds is 4. The Morgan fingerprint density at radius 1 is 1.16 bits per heavy atom. The minimum atomic E-state index is -0.580. The van der Waals surface area contributed by atoms with Gasteiger partial charge in [0.05, 0.1) is 10.6 Å². The normalized spacial score (nSPS) is 18.4. The maximum Gasteiger partial charge on any atom is 0.293 e. The standard InChI is InChI=1S/C23H23ClN4O4/c1-14-7-9-26(10-8-14)20-6-4-16(12-21(20)28(31)32)11-18-22(29)25-27(23(18)30)17-5-3-15(2)19(24)13-17/h3-6,11-14H,7-10H2,1-2H3,(H,25,29)/b18-11-. The Balaban J connectivity index is 1.63. The molecule has 9 heteroatoms. The molecule has 0 aliphatic carbocycles. The van der Waals surface area contributed by atoms with Gasteiger partial charge in [0.2, 0.25) is 0 Å². The van der Waals surface area contributed by atoms with E-state index >= 15 is 0 Å². The first kappa shape index (κ1) is 21.8. The number of nitro groups is 1. The number of benzene rings is 2. The SMILES string of the molecule is Cc1ccc(N2NC(=O)/C(=C/c3ccc(N4CCC(C)CC4)c([N+](=O)[O-])c3)C2=O)cc1Cl. The number of carbonyl (C=O) groups is 2. The number of anilines is 2. The largest absolute Gasteiger partial charge is 0.366 e. The second kappa shape index (κ2) is 8.63. The van der Waals surface area contributed by atoms with Crippen LogP contribution in [0.4, 0.5) is 17.1 Å². The van der Waals surface area contributed by atoms with Gasteiger partial charge in [0, 0.05) is 24.2 Å². The summed E-state index contributed by atoms with van der Waals surface area (Å²) in [5.74, 6) is -0.525. The van der Waals surface area contributed by atoms with E-state index in [4.69, 9.17) is 11.6 Å². The fraction of sp³-hybridized carbons (Fsp3) is 0.304. The maximum atomic E-state index is 12.9. The first-order valence-corrected chi connectivity index (χ1v) is 10.8. The van der Waals surface area contributed by atoms with Crippen molar-refractivity contribution in [2.24, 2.45) is 5.92 Å². The number of aryl methyl sites for hydroxylation is 1. The van der Waals surface area contributed by atoms with Crippen LogP contribution in [0.2, 0.25) is 5.02 Å². The molecule has 2 aliphatic rings. The molecule has 0 atom stereocenters. The first-order valence-electron chi connectivity index (χ1n) is 10.4. The van der Waals surface area contributed by atoms with Crippen molar-refractivity contribution in [3.8, 4) is 0 Å². The minimum absolute atomic E-state index is 0.0399. The number of halogens is 1. The number of nitro benzene ring substituents is 1. The number of piperidine rings is 1. The van der Waals surface area contributed by atoms with E-state index in [2.05, 4.69) is 12.3 Å². The van der Waals surface area contributed by atoms with Crippen molar-refractivity contribution in [1.82, 2.24) is 5.43 Å². The summed E-state index contributed by atoms with van der Waals surface area (Å²) in [6.45, 7) is 5.54. The van der Waals surface area contributed by atoms with E-state index in [0.29, 0.717) is 27.9 Å². The predicted octanol–water partition coefficient (Wildman–Crippen LogP) is 4.25. The third-order valence-corrected chi connectivity index (χ3v) is 6.34. The molecular weight excluding hydrogens is 432 g/mol. The van der Waals surface area contributed by atoms with Gasteiger partial charge in [0.1, 0.15) is 11.3 Å². The zero-order valence-electron chi connectivity index (χ0n) is 17.8. The molecular formula is C23H23ClN4O4. The Morgan fingerprint density at radius 2 is 1.88 bits per heavy atom. The molecule has 0 unspecified atom stereocenters. The zero-order chi connectivity index (χ0) is 23.0. The van der Waals surface area contributed by atoms with Gasteiger partial charge in [0.25, 0.3) is 17.5 Å². The van der Waals surface area contributed by atoms with E-state index in [1.165, 1.54) is 12.1 Å². The average molecular weight is 455 g/mol. The van der Waals surface area contributed by atoms with E-state index in [9.17, 15) is 19.7 Å². The zero-order valence-corrected chi connectivity index (χ0v) is 18.6. The molecule has 2 amide bonds. The molecule has 2 fully saturated rings. The van der Waals surface area contributed by atoms with Crippen LogP contribution < -0.4 is 15.3 Å². The number of hydrogen-bond donors (Lipinski definition) is 1. The van der Waals surface area contributed by atoms with Crippen LogP contribution in [0.15, 0.2) is 42.0 Å². The van der Waals surface area contributed by atoms with Crippen molar-refractivity contribution in [1.29, 1.82) is 0 Å². The van der Waals surface area contributed by atoms with Gasteiger partial charge in [-0.25, -0.2) is 5.01 Å². The number of amides is 2. The molecule has 0 bridgehead atoms. The quantitative estimate of drug-likeness (QED) is 0.322. The summed E-state index contributed by atoms with van der Waals surface area (Å²) in [6, 6.07) is 9.82. The first-order chi connectivity index (χ1) is 15.2. The molecule has 0 radical (unpaired) electrons. The van der Waals surface area contributed by atoms with Crippen molar-refractivity contribution < 1.29 is 14.5 Å². The minimum Gasteiger partial charge on any atom is -0.366 e. The molecule has 2 heterocycles. The highest BCUT2D eigenvalue weighted by Crippen LogP contribution is 2.33. The molecule has 32 heavy (non-hydrogen) atoms. The number of hydrazine groups is 1. The lowest BCUT2D eigenvalue weighted by molar-refractivity contribution is -0.384. The summed E-state index contributed by atoms with van der Waals surface area (Å²) >= 11 is 6.14. The highest BCUT2D eigenvalue weighted by Gasteiger charge is 2.35. The van der Waals surface area contributed by atoms with Crippen LogP contribution in [-0.4, -0.2) is 29.8 Å². The molecule has 2 aromatic rings. The van der Waals surface area contributed by atoms with Crippen molar-refractivity contribution in [3.05, 3.63) is 68.2 Å². The lowest BCUT2D eigenvalue weighted by Crippen LogP contribution is -2.35. The summed E-state index contributed by atoms with van der Waals surface area (Å²) in [7, 11) is 0. The number of nitrogens with one attached hydrogen (secondary N) is 1. The molecule has 1 N–H and O–H groups in total. The van der Waals surface area contributed by atoms with Crippen LogP contribution in [0, 0.1) is 23.0 Å². The third kappa shape index (κ3) is 4.18. The van der Waals surface area contributed by atoms with Gasteiger partial charge in [-0.3, -0.25) is 25.1 Å². The van der Waals surface area contributed by atoms with Crippen molar-refractivity contribution in [3.63, 3.8) is 0 Å². The van der Waals surface area contributed by atoms with Gasteiger partial charge in [-0.1, -0.05) is 30.7 Å².